The van der Waals surface area contributed by atoms with Crippen LogP contribution in [0.3, 0.4) is 0 Å². The Bertz CT molecular complexity index is 716. The highest BCUT2D eigenvalue weighted by atomic mass is 35.5. The first-order valence-corrected chi connectivity index (χ1v) is 9.66. The molecule has 1 unspecified atom stereocenters. The number of nitrogens with zero attached hydrogens (tertiary/aromatic N) is 1. The van der Waals surface area contributed by atoms with E-state index in [0.717, 1.165) is 23.6 Å². The fraction of sp³-hybridized carbons (Fsp3) is 0.333. The van der Waals surface area contributed by atoms with Crippen molar-refractivity contribution in [3.05, 3.63) is 53.3 Å². The van der Waals surface area contributed by atoms with E-state index in [4.69, 9.17) is 16.3 Å². The third-order valence-corrected chi connectivity index (χ3v) is 5.19. The number of hydrogen-bond donors (Lipinski definition) is 2. The summed E-state index contributed by atoms with van der Waals surface area (Å²) in [6.07, 6.45) is 3.93. The van der Waals surface area contributed by atoms with E-state index in [1.54, 1.807) is 30.6 Å². The molecule has 27 heavy (non-hydrogen) atoms. The van der Waals surface area contributed by atoms with E-state index in [1.807, 2.05) is 23.9 Å². The molecular formula is C18H22Cl3N3O2S. The number of aromatic nitrogens is 1. The first kappa shape index (κ1) is 23.9. The Labute approximate surface area is 180 Å². The molecule has 1 aliphatic heterocycles. The van der Waals surface area contributed by atoms with Crippen molar-refractivity contribution < 1.29 is 9.53 Å². The van der Waals surface area contributed by atoms with E-state index in [9.17, 15) is 4.79 Å². The first-order chi connectivity index (χ1) is 12.2. The largest absolute Gasteiger partial charge is 0.487 e. The molecule has 1 amide bonds. The second kappa shape index (κ2) is 12.3. The van der Waals surface area contributed by atoms with Crippen LogP contribution in [-0.4, -0.2) is 35.0 Å². The van der Waals surface area contributed by atoms with Gasteiger partial charge in [-0.3, -0.25) is 9.78 Å². The molecule has 148 valence electrons. The van der Waals surface area contributed by atoms with Crippen molar-refractivity contribution in [1.29, 1.82) is 0 Å². The van der Waals surface area contributed by atoms with Gasteiger partial charge >= 0.3 is 0 Å². The minimum Gasteiger partial charge on any atom is -0.487 e. The molecule has 2 heterocycles. The Balaban J connectivity index is 0.00000182. The van der Waals surface area contributed by atoms with Gasteiger partial charge in [0.05, 0.1) is 5.02 Å². The van der Waals surface area contributed by atoms with Crippen molar-refractivity contribution in [3.8, 4) is 5.75 Å². The molecule has 9 heteroatoms. The number of benzene rings is 1. The standard InChI is InChI=1S/C18H20ClN3O2S.2ClH/c19-16-8-14(22-18(23)9-15-12-25-7-6-21-15)3-4-17(16)24-11-13-2-1-5-20-10-13;;/h1-5,8,10,15,21H,6-7,9,11-12H2,(H,22,23);2*1H. The highest BCUT2D eigenvalue weighted by Gasteiger charge is 2.17. The summed E-state index contributed by atoms with van der Waals surface area (Å²) < 4.78 is 5.71. The van der Waals surface area contributed by atoms with Gasteiger partial charge < -0.3 is 15.4 Å². The molecule has 1 aromatic carbocycles. The number of carbonyl (C=O) groups excluding carboxylic acids is 1. The number of carbonyl (C=O) groups is 1. The smallest absolute Gasteiger partial charge is 0.225 e. The summed E-state index contributed by atoms with van der Waals surface area (Å²) in [5, 5.41) is 6.71. The van der Waals surface area contributed by atoms with Crippen LogP contribution in [0.2, 0.25) is 5.02 Å². The number of hydrogen-bond acceptors (Lipinski definition) is 5. The highest BCUT2D eigenvalue weighted by Crippen LogP contribution is 2.28. The predicted octanol–water partition coefficient (Wildman–Crippen LogP) is 4.19. The molecule has 0 saturated carbocycles. The average molecular weight is 451 g/mol. The topological polar surface area (TPSA) is 63.2 Å². The Morgan fingerprint density at radius 3 is 2.89 bits per heavy atom. The molecule has 1 aliphatic rings. The molecule has 3 rings (SSSR count). The Kier molecular flexibility index (Phi) is 10.9. The van der Waals surface area contributed by atoms with Crippen LogP contribution in [-0.2, 0) is 11.4 Å². The van der Waals surface area contributed by atoms with Crippen molar-refractivity contribution in [2.24, 2.45) is 0 Å². The zero-order chi connectivity index (χ0) is 17.5. The third-order valence-electron chi connectivity index (χ3n) is 3.76. The Morgan fingerprint density at radius 2 is 2.22 bits per heavy atom. The highest BCUT2D eigenvalue weighted by molar-refractivity contribution is 7.99. The van der Waals surface area contributed by atoms with Gasteiger partial charge in [0, 0.05) is 54.2 Å². The van der Waals surface area contributed by atoms with Crippen molar-refractivity contribution in [2.45, 2.75) is 19.1 Å². The van der Waals surface area contributed by atoms with Crippen LogP contribution in [0, 0.1) is 0 Å². The normalized spacial score (nSPS) is 15.8. The van der Waals surface area contributed by atoms with Gasteiger partial charge in [0.1, 0.15) is 12.4 Å². The molecule has 0 bridgehead atoms. The summed E-state index contributed by atoms with van der Waals surface area (Å²) in [5.41, 5.74) is 1.64. The molecule has 2 aromatic rings. The maximum Gasteiger partial charge on any atom is 0.225 e. The number of thioether (sulfide) groups is 1. The Morgan fingerprint density at radius 1 is 1.37 bits per heavy atom. The molecular weight excluding hydrogens is 429 g/mol. The monoisotopic (exact) mass is 449 g/mol. The number of nitrogens with one attached hydrogen (secondary N) is 2. The van der Waals surface area contributed by atoms with Gasteiger partial charge in [0.25, 0.3) is 0 Å². The van der Waals surface area contributed by atoms with Gasteiger partial charge in [0.2, 0.25) is 5.91 Å². The van der Waals surface area contributed by atoms with Crippen molar-refractivity contribution in [2.75, 3.05) is 23.4 Å². The van der Waals surface area contributed by atoms with E-state index in [2.05, 4.69) is 15.6 Å². The fourth-order valence-electron chi connectivity index (χ4n) is 2.53. The lowest BCUT2D eigenvalue weighted by Crippen LogP contribution is -2.39. The van der Waals surface area contributed by atoms with E-state index in [1.165, 1.54) is 0 Å². The minimum atomic E-state index is -0.0138. The molecule has 1 aromatic heterocycles. The summed E-state index contributed by atoms with van der Waals surface area (Å²) in [6.45, 7) is 1.35. The van der Waals surface area contributed by atoms with Crippen molar-refractivity contribution in [1.82, 2.24) is 10.3 Å². The maximum absolute atomic E-state index is 12.1. The molecule has 1 saturated heterocycles. The zero-order valence-electron chi connectivity index (χ0n) is 14.5. The summed E-state index contributed by atoms with van der Waals surface area (Å²) in [6, 6.07) is 9.30. The van der Waals surface area contributed by atoms with Gasteiger partial charge in [-0.15, -0.1) is 24.8 Å². The quantitative estimate of drug-likeness (QED) is 0.691. The van der Waals surface area contributed by atoms with Gasteiger partial charge in [-0.2, -0.15) is 11.8 Å². The lowest BCUT2D eigenvalue weighted by molar-refractivity contribution is -0.116. The number of pyridine rings is 1. The molecule has 1 atom stereocenters. The second-order valence-corrected chi connectivity index (χ2v) is 7.33. The van der Waals surface area contributed by atoms with Crippen LogP contribution in [0.5, 0.6) is 5.75 Å². The average Bonchev–Trinajstić information content (AvgIpc) is 2.63. The van der Waals surface area contributed by atoms with E-state index in [0.29, 0.717) is 29.5 Å². The van der Waals surface area contributed by atoms with Gasteiger partial charge in [-0.05, 0) is 24.3 Å². The third kappa shape index (κ3) is 7.76. The number of amides is 1. The minimum absolute atomic E-state index is 0. The SMILES string of the molecule is Cl.Cl.O=C(CC1CSCCN1)Nc1ccc(OCc2cccnc2)c(Cl)c1. The van der Waals surface area contributed by atoms with Crippen molar-refractivity contribution in [3.63, 3.8) is 0 Å². The summed E-state index contributed by atoms with van der Waals surface area (Å²) >= 11 is 8.14. The number of ether oxygens (including phenoxy) is 1. The molecule has 0 radical (unpaired) electrons. The van der Waals surface area contributed by atoms with Crippen LogP contribution < -0.4 is 15.4 Å². The fourth-order valence-corrected chi connectivity index (χ4v) is 3.71. The summed E-state index contributed by atoms with van der Waals surface area (Å²) in [5.74, 6) is 2.64. The van der Waals surface area contributed by atoms with E-state index < -0.39 is 0 Å². The number of anilines is 1. The zero-order valence-corrected chi connectivity index (χ0v) is 17.7. The van der Waals surface area contributed by atoms with Gasteiger partial charge in [-0.25, -0.2) is 0 Å². The van der Waals surface area contributed by atoms with Crippen LogP contribution in [0.25, 0.3) is 0 Å². The first-order valence-electron chi connectivity index (χ1n) is 8.13. The van der Waals surface area contributed by atoms with Gasteiger partial charge in [-0.1, -0.05) is 17.7 Å². The lowest BCUT2D eigenvalue weighted by Gasteiger charge is -2.22. The van der Waals surface area contributed by atoms with E-state index >= 15 is 0 Å². The Hall–Kier alpha value is -1.18. The van der Waals surface area contributed by atoms with Crippen LogP contribution in [0.1, 0.15) is 12.0 Å². The summed E-state index contributed by atoms with van der Waals surface area (Å²) in [7, 11) is 0. The molecule has 0 aliphatic carbocycles. The lowest BCUT2D eigenvalue weighted by atomic mass is 10.2. The van der Waals surface area contributed by atoms with Crippen LogP contribution >= 0.6 is 48.2 Å². The van der Waals surface area contributed by atoms with Crippen molar-refractivity contribution >= 4 is 59.8 Å². The molecule has 2 N–H and O–H groups in total. The molecule has 5 nitrogen and oxygen atoms in total. The van der Waals surface area contributed by atoms with Gasteiger partial charge in [0.15, 0.2) is 0 Å². The maximum atomic E-state index is 12.1. The van der Waals surface area contributed by atoms with Crippen LogP contribution in [0.4, 0.5) is 5.69 Å². The predicted molar refractivity (Wildman–Crippen MR) is 117 cm³/mol. The van der Waals surface area contributed by atoms with E-state index in [-0.39, 0.29) is 36.8 Å². The number of rotatable bonds is 6. The molecule has 0 spiro atoms. The summed E-state index contributed by atoms with van der Waals surface area (Å²) in [4.78, 5) is 16.2. The number of halogens is 3. The van der Waals surface area contributed by atoms with Crippen LogP contribution in [0.15, 0.2) is 42.7 Å². The molecule has 1 fully saturated rings. The second-order valence-electron chi connectivity index (χ2n) is 5.77.